The molecule has 0 radical (unpaired) electrons. The third-order valence-electron chi connectivity index (χ3n) is 5.69. The van der Waals surface area contributed by atoms with Gasteiger partial charge >= 0.3 is 6.03 Å². The van der Waals surface area contributed by atoms with Crippen LogP contribution in [0, 0.1) is 5.92 Å². The fourth-order valence-electron chi connectivity index (χ4n) is 3.88. The lowest BCUT2D eigenvalue weighted by Gasteiger charge is -2.30. The number of hydrogen-bond donors (Lipinski definition) is 3. The van der Waals surface area contributed by atoms with E-state index in [1.54, 1.807) is 9.58 Å². The minimum atomic E-state index is -0.0101. The summed E-state index contributed by atoms with van der Waals surface area (Å²) < 4.78 is 1.76. The molecule has 158 valence electrons. The van der Waals surface area contributed by atoms with Gasteiger partial charge in [0.05, 0.1) is 25.0 Å². The van der Waals surface area contributed by atoms with Gasteiger partial charge in [-0.2, -0.15) is 5.10 Å². The molecule has 0 unspecified atom stereocenters. The van der Waals surface area contributed by atoms with Gasteiger partial charge in [0.15, 0.2) is 0 Å². The number of rotatable bonds is 9. The zero-order valence-electron chi connectivity index (χ0n) is 17.3. The highest BCUT2D eigenvalue weighted by Gasteiger charge is 2.22. The van der Waals surface area contributed by atoms with Crippen LogP contribution in [0.4, 0.5) is 10.5 Å². The number of nitrogens with zero attached hydrogens (tertiary/aromatic N) is 3. The van der Waals surface area contributed by atoms with Crippen LogP contribution in [-0.2, 0) is 13.1 Å². The molecule has 7 heteroatoms. The van der Waals surface area contributed by atoms with E-state index >= 15 is 0 Å². The van der Waals surface area contributed by atoms with E-state index in [-0.39, 0.29) is 12.6 Å². The average molecular weight is 400 g/mol. The standard InChI is InChI=1S/C22H33N5O2/c1-26(22(29)23-15-19-5-3-2-4-6-19)12-11-18-7-9-20(10-8-18)25-21-16-24-27(17-21)13-14-28/h2-6,16-18,20,25,28H,7-15H2,1H3,(H,23,29). The quantitative estimate of drug-likeness (QED) is 0.605. The lowest BCUT2D eigenvalue weighted by Crippen LogP contribution is -2.38. The molecule has 1 aliphatic carbocycles. The second-order valence-corrected chi connectivity index (χ2v) is 7.93. The maximum Gasteiger partial charge on any atom is 0.317 e. The highest BCUT2D eigenvalue weighted by molar-refractivity contribution is 5.73. The Labute approximate surface area is 173 Å². The minimum Gasteiger partial charge on any atom is -0.394 e. The van der Waals surface area contributed by atoms with Crippen LogP contribution in [0.2, 0.25) is 0 Å². The fourth-order valence-corrected chi connectivity index (χ4v) is 3.88. The zero-order valence-corrected chi connectivity index (χ0v) is 17.3. The first-order valence-electron chi connectivity index (χ1n) is 10.6. The van der Waals surface area contributed by atoms with Gasteiger partial charge < -0.3 is 20.6 Å². The average Bonchev–Trinajstić information content (AvgIpc) is 3.19. The van der Waals surface area contributed by atoms with Gasteiger partial charge in [0.2, 0.25) is 0 Å². The summed E-state index contributed by atoms with van der Waals surface area (Å²) in [5, 5.41) is 19.8. The number of benzene rings is 1. The molecular formula is C22H33N5O2. The number of amides is 2. The molecule has 29 heavy (non-hydrogen) atoms. The van der Waals surface area contributed by atoms with E-state index in [2.05, 4.69) is 15.7 Å². The summed E-state index contributed by atoms with van der Waals surface area (Å²) in [5.74, 6) is 0.675. The molecule has 3 rings (SSSR count). The smallest absolute Gasteiger partial charge is 0.317 e. The van der Waals surface area contributed by atoms with E-state index in [0.29, 0.717) is 25.0 Å². The third-order valence-corrected chi connectivity index (χ3v) is 5.69. The summed E-state index contributed by atoms with van der Waals surface area (Å²) in [7, 11) is 1.87. The van der Waals surface area contributed by atoms with Crippen LogP contribution in [0.15, 0.2) is 42.7 Å². The van der Waals surface area contributed by atoms with Gasteiger partial charge in [-0.25, -0.2) is 4.79 Å². The molecule has 1 fully saturated rings. The van der Waals surface area contributed by atoms with Crippen molar-refractivity contribution < 1.29 is 9.90 Å². The molecule has 0 saturated heterocycles. The van der Waals surface area contributed by atoms with Gasteiger partial charge in [-0.1, -0.05) is 30.3 Å². The zero-order chi connectivity index (χ0) is 20.5. The van der Waals surface area contributed by atoms with Crippen LogP contribution in [-0.4, -0.2) is 52.1 Å². The maximum atomic E-state index is 12.3. The molecule has 1 aromatic carbocycles. The predicted octanol–water partition coefficient (Wildman–Crippen LogP) is 3.08. The van der Waals surface area contributed by atoms with Crippen LogP contribution in [0.5, 0.6) is 0 Å². The molecule has 0 aliphatic heterocycles. The van der Waals surface area contributed by atoms with E-state index in [0.717, 1.165) is 37.1 Å². The molecule has 3 N–H and O–H groups in total. The van der Waals surface area contributed by atoms with Crippen LogP contribution in [0.25, 0.3) is 0 Å². The van der Waals surface area contributed by atoms with Crippen molar-refractivity contribution in [3.05, 3.63) is 48.3 Å². The molecule has 0 atom stereocenters. The van der Waals surface area contributed by atoms with Crippen molar-refractivity contribution in [2.24, 2.45) is 5.92 Å². The van der Waals surface area contributed by atoms with E-state index in [1.165, 1.54) is 12.8 Å². The van der Waals surface area contributed by atoms with Gasteiger partial charge in [-0.3, -0.25) is 4.68 Å². The highest BCUT2D eigenvalue weighted by Crippen LogP contribution is 2.28. The summed E-state index contributed by atoms with van der Waals surface area (Å²) in [6.07, 6.45) is 9.47. The van der Waals surface area contributed by atoms with E-state index in [1.807, 2.05) is 49.8 Å². The molecule has 2 amide bonds. The number of aliphatic hydroxyl groups is 1. The van der Waals surface area contributed by atoms with Gasteiger partial charge in [-0.15, -0.1) is 0 Å². The van der Waals surface area contributed by atoms with Crippen molar-refractivity contribution in [3.8, 4) is 0 Å². The lowest BCUT2D eigenvalue weighted by atomic mass is 9.84. The van der Waals surface area contributed by atoms with Crippen molar-refractivity contribution in [1.29, 1.82) is 0 Å². The Balaban J connectivity index is 1.32. The van der Waals surface area contributed by atoms with Crippen molar-refractivity contribution in [2.45, 2.75) is 51.2 Å². The Morgan fingerprint density at radius 3 is 2.72 bits per heavy atom. The van der Waals surface area contributed by atoms with E-state index in [4.69, 9.17) is 5.11 Å². The number of carbonyl (C=O) groups excluding carboxylic acids is 1. The Morgan fingerprint density at radius 1 is 1.24 bits per heavy atom. The van der Waals surface area contributed by atoms with Crippen molar-refractivity contribution in [2.75, 3.05) is 25.5 Å². The summed E-state index contributed by atoms with van der Waals surface area (Å²) in [5.41, 5.74) is 2.14. The largest absolute Gasteiger partial charge is 0.394 e. The molecule has 1 aromatic heterocycles. The SMILES string of the molecule is CN(CCC1CCC(Nc2cnn(CCO)c2)CC1)C(=O)NCc1ccccc1. The van der Waals surface area contributed by atoms with Crippen molar-refractivity contribution >= 4 is 11.7 Å². The summed E-state index contributed by atoms with van der Waals surface area (Å²) in [6.45, 7) is 1.98. The molecule has 1 aliphatic rings. The molecule has 0 spiro atoms. The van der Waals surface area contributed by atoms with Crippen LogP contribution >= 0.6 is 0 Å². The number of nitrogens with one attached hydrogen (secondary N) is 2. The predicted molar refractivity (Wildman–Crippen MR) is 115 cm³/mol. The first-order valence-corrected chi connectivity index (χ1v) is 10.6. The van der Waals surface area contributed by atoms with Crippen LogP contribution in [0.1, 0.15) is 37.7 Å². The van der Waals surface area contributed by atoms with E-state index < -0.39 is 0 Å². The first kappa shape index (κ1) is 21.2. The number of urea groups is 1. The van der Waals surface area contributed by atoms with Crippen LogP contribution in [0.3, 0.4) is 0 Å². The monoisotopic (exact) mass is 399 g/mol. The topological polar surface area (TPSA) is 82.4 Å². The van der Waals surface area contributed by atoms with Crippen molar-refractivity contribution in [3.63, 3.8) is 0 Å². The highest BCUT2D eigenvalue weighted by atomic mass is 16.3. The fraction of sp³-hybridized carbons (Fsp3) is 0.545. The molecule has 0 bridgehead atoms. The van der Waals surface area contributed by atoms with E-state index in [9.17, 15) is 4.79 Å². The Kier molecular flexibility index (Phi) is 7.93. The second-order valence-electron chi connectivity index (χ2n) is 7.93. The molecular weight excluding hydrogens is 366 g/mol. The number of aromatic nitrogens is 2. The number of hydrogen-bond acceptors (Lipinski definition) is 4. The number of aliphatic hydroxyl groups excluding tert-OH is 1. The van der Waals surface area contributed by atoms with Gasteiger partial charge in [0.1, 0.15) is 0 Å². The molecule has 1 saturated carbocycles. The summed E-state index contributed by atoms with van der Waals surface area (Å²) >= 11 is 0. The van der Waals surface area contributed by atoms with Gasteiger partial charge in [0.25, 0.3) is 0 Å². The minimum absolute atomic E-state index is 0.0101. The Bertz CT molecular complexity index is 741. The molecule has 7 nitrogen and oxygen atoms in total. The van der Waals surface area contributed by atoms with Gasteiger partial charge in [-0.05, 0) is 43.6 Å². The Hall–Kier alpha value is -2.54. The lowest BCUT2D eigenvalue weighted by molar-refractivity contribution is 0.201. The molecule has 2 aromatic rings. The summed E-state index contributed by atoms with van der Waals surface area (Å²) in [4.78, 5) is 14.1. The Morgan fingerprint density at radius 2 is 2.00 bits per heavy atom. The second kappa shape index (κ2) is 10.9. The summed E-state index contributed by atoms with van der Waals surface area (Å²) in [6, 6.07) is 10.4. The molecule has 1 heterocycles. The number of anilines is 1. The first-order chi connectivity index (χ1) is 14.1. The normalized spacial score (nSPS) is 19.0. The van der Waals surface area contributed by atoms with Gasteiger partial charge in [0, 0.05) is 32.4 Å². The third kappa shape index (κ3) is 6.78. The van der Waals surface area contributed by atoms with Crippen molar-refractivity contribution in [1.82, 2.24) is 20.0 Å². The van der Waals surface area contributed by atoms with Crippen LogP contribution < -0.4 is 10.6 Å². The number of carbonyl (C=O) groups is 1. The maximum absolute atomic E-state index is 12.3.